The first-order valence-corrected chi connectivity index (χ1v) is 10.1. The van der Waals surface area contributed by atoms with E-state index >= 15 is 0 Å². The molecular formula is C21H22N8O2. The minimum atomic E-state index is -0.492. The highest BCUT2D eigenvalue weighted by Crippen LogP contribution is 2.22. The number of hydrogen-bond donors (Lipinski definition) is 4. The standard InChI is InChI=1S/C21H22N8O2/c1-11-3-5-13(6-4-11)12(2)23-19-26-17-14(9-16-18(30)27-21(31)25-16)10-22-29(17)20(28-19)24-15-7-8-15/h3-6,9-10,12,15,30H,7-8H2,1-2H3,(H,23,24,28)(H2,25,27,31)/b14-9+/t12-/m0/s1. The van der Waals surface area contributed by atoms with Gasteiger partial charge in [-0.1, -0.05) is 29.8 Å². The highest BCUT2D eigenvalue weighted by atomic mass is 16.3. The monoisotopic (exact) mass is 418 g/mol. The van der Waals surface area contributed by atoms with Crippen molar-refractivity contribution in [2.45, 2.75) is 38.8 Å². The molecule has 0 radical (unpaired) electrons. The number of H-pyrrole nitrogens is 2. The second-order valence-electron chi connectivity index (χ2n) is 7.81. The smallest absolute Gasteiger partial charge is 0.326 e. The summed E-state index contributed by atoms with van der Waals surface area (Å²) in [5, 5.41) is 18.2. The molecule has 1 aliphatic rings. The molecule has 4 N–H and O–H groups in total. The average Bonchev–Trinajstić information content (AvgIpc) is 3.37. The second-order valence-corrected chi connectivity index (χ2v) is 7.81. The summed E-state index contributed by atoms with van der Waals surface area (Å²) in [6, 6.07) is 8.52. The summed E-state index contributed by atoms with van der Waals surface area (Å²) < 4.78 is 1.58. The van der Waals surface area contributed by atoms with Crippen LogP contribution in [0.4, 0.5) is 5.95 Å². The number of anilines is 1. The summed E-state index contributed by atoms with van der Waals surface area (Å²) in [6.07, 6.45) is 5.28. The number of fused-ring (bicyclic) bond motifs is 1. The molecule has 0 bridgehead atoms. The maximum atomic E-state index is 11.5. The molecule has 5 rings (SSSR count). The number of aromatic nitrogens is 6. The Bertz CT molecular complexity index is 1430. The van der Waals surface area contributed by atoms with Gasteiger partial charge in [-0.15, -0.1) is 0 Å². The normalized spacial score (nSPS) is 16.2. The largest absolute Gasteiger partial charge is 0.493 e. The van der Waals surface area contributed by atoms with Gasteiger partial charge in [-0.25, -0.2) is 9.79 Å². The van der Waals surface area contributed by atoms with E-state index in [1.54, 1.807) is 16.8 Å². The molecule has 0 aliphatic heterocycles. The van der Waals surface area contributed by atoms with Gasteiger partial charge < -0.3 is 15.4 Å². The molecule has 3 aromatic heterocycles. The zero-order chi connectivity index (χ0) is 21.5. The first-order valence-electron chi connectivity index (χ1n) is 10.1. The summed E-state index contributed by atoms with van der Waals surface area (Å²) in [6.45, 7) is 4.10. The molecule has 3 heterocycles. The van der Waals surface area contributed by atoms with Gasteiger partial charge in [-0.05, 0) is 38.3 Å². The number of rotatable bonds is 5. The summed E-state index contributed by atoms with van der Waals surface area (Å²) in [4.78, 5) is 30.2. The van der Waals surface area contributed by atoms with Crippen molar-refractivity contribution in [2.24, 2.45) is 4.99 Å². The van der Waals surface area contributed by atoms with E-state index in [9.17, 15) is 9.90 Å². The number of nitrogens with zero attached hydrogens (tertiary/aromatic N) is 5. The van der Waals surface area contributed by atoms with Crippen LogP contribution in [0.2, 0.25) is 0 Å². The number of benzene rings is 1. The molecule has 158 valence electrons. The molecule has 1 fully saturated rings. The van der Waals surface area contributed by atoms with Gasteiger partial charge in [-0.3, -0.25) is 4.98 Å². The Morgan fingerprint density at radius 3 is 2.71 bits per heavy atom. The number of aryl methyl sites for hydroxylation is 1. The van der Waals surface area contributed by atoms with Crippen LogP contribution in [0.5, 0.6) is 5.88 Å². The van der Waals surface area contributed by atoms with E-state index in [1.165, 1.54) is 5.56 Å². The molecule has 1 atom stereocenters. The lowest BCUT2D eigenvalue weighted by atomic mass is 10.1. The first-order chi connectivity index (χ1) is 15.0. The number of nitrogens with one attached hydrogen (secondary N) is 3. The fourth-order valence-electron chi connectivity index (χ4n) is 3.28. The molecule has 10 heteroatoms. The highest BCUT2D eigenvalue weighted by Gasteiger charge is 2.21. The minimum Gasteiger partial charge on any atom is -0.493 e. The average molecular weight is 418 g/mol. The van der Waals surface area contributed by atoms with Crippen LogP contribution in [-0.2, 0) is 0 Å². The number of hydrogen-bond acceptors (Lipinski definition) is 7. The third-order valence-corrected chi connectivity index (χ3v) is 5.18. The molecule has 0 spiro atoms. The van der Waals surface area contributed by atoms with E-state index in [1.807, 2.05) is 6.92 Å². The van der Waals surface area contributed by atoms with Gasteiger partial charge in [0.2, 0.25) is 11.8 Å². The Kier molecular flexibility index (Phi) is 4.54. The van der Waals surface area contributed by atoms with E-state index in [-0.39, 0.29) is 23.7 Å². The van der Waals surface area contributed by atoms with Crippen LogP contribution in [0.25, 0.3) is 11.7 Å². The molecule has 4 aromatic rings. The van der Waals surface area contributed by atoms with Crippen LogP contribution < -0.4 is 21.8 Å². The fourth-order valence-corrected chi connectivity index (χ4v) is 3.28. The van der Waals surface area contributed by atoms with Crippen molar-refractivity contribution < 1.29 is 5.11 Å². The molecule has 10 nitrogen and oxygen atoms in total. The van der Waals surface area contributed by atoms with Crippen molar-refractivity contribution in [1.82, 2.24) is 29.5 Å². The van der Waals surface area contributed by atoms with Crippen LogP contribution in [-0.4, -0.2) is 40.7 Å². The van der Waals surface area contributed by atoms with Crippen molar-refractivity contribution >= 4 is 17.7 Å². The van der Waals surface area contributed by atoms with Crippen molar-refractivity contribution in [2.75, 3.05) is 5.32 Å². The van der Waals surface area contributed by atoms with Crippen molar-refractivity contribution in [3.63, 3.8) is 0 Å². The summed E-state index contributed by atoms with van der Waals surface area (Å²) in [7, 11) is 0. The van der Waals surface area contributed by atoms with Crippen LogP contribution in [0.3, 0.4) is 0 Å². The SMILES string of the molecule is Cc1ccc([C@H](C)Nc2nc(=NC3CC3)n3nc/c(=C\c4[nH]c(=O)[nH]c4O)c3n2)cc1. The zero-order valence-electron chi connectivity index (χ0n) is 17.1. The van der Waals surface area contributed by atoms with Crippen molar-refractivity contribution in [1.29, 1.82) is 0 Å². The molecule has 1 aromatic carbocycles. The van der Waals surface area contributed by atoms with E-state index in [4.69, 9.17) is 0 Å². The quantitative estimate of drug-likeness (QED) is 0.381. The maximum Gasteiger partial charge on any atom is 0.326 e. The third kappa shape index (κ3) is 3.91. The molecule has 0 amide bonds. The second kappa shape index (κ2) is 7.38. The summed E-state index contributed by atoms with van der Waals surface area (Å²) in [5.41, 5.74) is 3.07. The lowest BCUT2D eigenvalue weighted by molar-refractivity contribution is 0.454. The van der Waals surface area contributed by atoms with E-state index in [0.29, 0.717) is 22.4 Å². The third-order valence-electron chi connectivity index (χ3n) is 5.18. The Labute approximate surface area is 176 Å². The van der Waals surface area contributed by atoms with Gasteiger partial charge in [0.25, 0.3) is 5.62 Å². The van der Waals surface area contributed by atoms with Gasteiger partial charge in [-0.2, -0.15) is 19.6 Å². The number of aromatic hydroxyl groups is 1. The topological polar surface area (TPSA) is 136 Å². The number of imidazole rings is 1. The van der Waals surface area contributed by atoms with E-state index in [2.05, 4.69) is 66.5 Å². The Morgan fingerprint density at radius 2 is 2.03 bits per heavy atom. The predicted molar refractivity (Wildman–Crippen MR) is 114 cm³/mol. The molecule has 1 saturated carbocycles. The van der Waals surface area contributed by atoms with Crippen molar-refractivity contribution in [3.8, 4) is 5.88 Å². The van der Waals surface area contributed by atoms with Crippen LogP contribution in [0.1, 0.15) is 42.6 Å². The van der Waals surface area contributed by atoms with Gasteiger partial charge in [0, 0.05) is 5.22 Å². The maximum absolute atomic E-state index is 11.5. The first kappa shape index (κ1) is 19.0. The van der Waals surface area contributed by atoms with Crippen molar-refractivity contribution in [3.05, 3.63) is 68.6 Å². The predicted octanol–water partition coefficient (Wildman–Crippen LogP) is 0.939. The lowest BCUT2D eigenvalue weighted by Gasteiger charge is -2.14. The molecular weight excluding hydrogens is 396 g/mol. The number of aromatic amines is 2. The Balaban J connectivity index is 1.61. The van der Waals surface area contributed by atoms with Gasteiger partial charge in [0.05, 0.1) is 18.3 Å². The molecule has 31 heavy (non-hydrogen) atoms. The minimum absolute atomic E-state index is 0.0164. The van der Waals surface area contributed by atoms with Gasteiger partial charge in [0.1, 0.15) is 5.69 Å². The van der Waals surface area contributed by atoms with Gasteiger partial charge >= 0.3 is 5.69 Å². The molecule has 0 saturated heterocycles. The zero-order valence-corrected chi connectivity index (χ0v) is 17.1. The van der Waals surface area contributed by atoms with Crippen LogP contribution in [0, 0.1) is 6.92 Å². The van der Waals surface area contributed by atoms with E-state index < -0.39 is 5.69 Å². The van der Waals surface area contributed by atoms with Crippen LogP contribution >= 0.6 is 0 Å². The Hall–Kier alpha value is -3.95. The van der Waals surface area contributed by atoms with Gasteiger partial charge in [0.15, 0.2) is 5.65 Å². The Morgan fingerprint density at radius 1 is 1.26 bits per heavy atom. The molecule has 1 aliphatic carbocycles. The molecule has 0 unspecified atom stereocenters. The fraction of sp³-hybridized carbons (Fsp3) is 0.286. The summed E-state index contributed by atoms with van der Waals surface area (Å²) >= 11 is 0. The summed E-state index contributed by atoms with van der Waals surface area (Å²) in [5.74, 6) is 0.189. The lowest BCUT2D eigenvalue weighted by Crippen LogP contribution is -2.25. The van der Waals surface area contributed by atoms with Crippen LogP contribution in [0.15, 0.2) is 40.2 Å². The van der Waals surface area contributed by atoms with E-state index in [0.717, 1.165) is 18.4 Å². The highest BCUT2D eigenvalue weighted by molar-refractivity contribution is 5.57.